The second kappa shape index (κ2) is 6.27. The third-order valence-corrected chi connectivity index (χ3v) is 6.47. The predicted octanol–water partition coefficient (Wildman–Crippen LogP) is 2.94. The number of hydrogen-bond acceptors (Lipinski definition) is 7. The molecule has 4 heterocycles. The van der Waals surface area contributed by atoms with Crippen LogP contribution in [0.1, 0.15) is 25.0 Å². The van der Waals surface area contributed by atoms with E-state index >= 15 is 0 Å². The highest BCUT2D eigenvalue weighted by molar-refractivity contribution is 6.31. The molecule has 1 atom stereocenters. The molecule has 0 aliphatic carbocycles. The third-order valence-electron chi connectivity index (χ3n) is 6.47. The van der Waals surface area contributed by atoms with Gasteiger partial charge in [0, 0.05) is 17.1 Å². The Hall–Kier alpha value is -3.98. The summed E-state index contributed by atoms with van der Waals surface area (Å²) >= 11 is 0. The second-order valence-corrected chi connectivity index (χ2v) is 8.85. The number of guanidine groups is 1. The zero-order valence-corrected chi connectivity index (χ0v) is 17.8. The molecule has 32 heavy (non-hydrogen) atoms. The van der Waals surface area contributed by atoms with E-state index in [4.69, 9.17) is 15.8 Å². The molecule has 1 unspecified atom stereocenters. The van der Waals surface area contributed by atoms with E-state index < -0.39 is 5.41 Å². The van der Waals surface area contributed by atoms with Gasteiger partial charge in [-0.15, -0.1) is 4.99 Å². The molecule has 160 valence electrons. The molecule has 4 N–H and O–H groups in total. The second-order valence-electron chi connectivity index (χ2n) is 8.85. The van der Waals surface area contributed by atoms with Crippen molar-refractivity contribution in [1.82, 2.24) is 0 Å². The number of carbonyl (C=O) groups is 1. The first-order valence-electron chi connectivity index (χ1n) is 10.6. The van der Waals surface area contributed by atoms with E-state index in [0.717, 1.165) is 35.6 Å². The Morgan fingerprint density at radius 3 is 2.97 bits per heavy atom. The Balaban J connectivity index is 1.36. The Morgan fingerprint density at radius 1 is 1.22 bits per heavy atom. The van der Waals surface area contributed by atoms with Gasteiger partial charge in [0.25, 0.3) is 5.96 Å². The average molecular weight is 427 g/mol. The van der Waals surface area contributed by atoms with Gasteiger partial charge in [0.15, 0.2) is 6.20 Å². The Bertz CT molecular complexity index is 1310. The fourth-order valence-corrected chi connectivity index (χ4v) is 4.67. The number of amides is 1. The van der Waals surface area contributed by atoms with Crippen molar-refractivity contribution < 1.29 is 9.50 Å². The van der Waals surface area contributed by atoms with Crippen molar-refractivity contribution in [3.05, 3.63) is 59.9 Å². The summed E-state index contributed by atoms with van der Waals surface area (Å²) in [5.41, 5.74) is 11.1. The monoisotopic (exact) mass is 427 g/mol. The lowest BCUT2D eigenvalue weighted by molar-refractivity contribution is -0.800. The molecule has 0 saturated heterocycles. The van der Waals surface area contributed by atoms with Crippen molar-refractivity contribution in [2.45, 2.75) is 25.7 Å². The lowest BCUT2D eigenvalue weighted by Gasteiger charge is -2.33. The summed E-state index contributed by atoms with van der Waals surface area (Å²) in [4.78, 5) is 21.3. The van der Waals surface area contributed by atoms with Crippen molar-refractivity contribution in [1.29, 1.82) is 0 Å². The molecule has 0 radical (unpaired) electrons. The number of quaternary nitrogens is 1. The van der Waals surface area contributed by atoms with E-state index in [1.807, 2.05) is 50.4 Å². The van der Waals surface area contributed by atoms with Crippen LogP contribution >= 0.6 is 0 Å². The van der Waals surface area contributed by atoms with Crippen LogP contribution in [-0.2, 0) is 16.6 Å². The third kappa shape index (κ3) is 2.54. The normalized spacial score (nSPS) is 23.9. The quantitative estimate of drug-likeness (QED) is 0.506. The fourth-order valence-electron chi connectivity index (χ4n) is 4.67. The van der Waals surface area contributed by atoms with Crippen LogP contribution in [0.3, 0.4) is 0 Å². The van der Waals surface area contributed by atoms with E-state index in [1.54, 1.807) is 12.4 Å². The van der Waals surface area contributed by atoms with Gasteiger partial charge in [-0.05, 0) is 65.5 Å². The summed E-state index contributed by atoms with van der Waals surface area (Å²) in [5, 5.41) is 13.4. The molecule has 0 saturated carbocycles. The highest BCUT2D eigenvalue weighted by atomic mass is 16.2. The van der Waals surface area contributed by atoms with E-state index in [-0.39, 0.29) is 10.6 Å². The van der Waals surface area contributed by atoms with Gasteiger partial charge in [-0.1, -0.05) is 12.1 Å². The van der Waals surface area contributed by atoms with Gasteiger partial charge in [-0.25, -0.2) is 0 Å². The first-order valence-corrected chi connectivity index (χ1v) is 10.6. The number of aliphatic imine (C=N–C) groups is 2. The molecule has 4 aliphatic heterocycles. The first kappa shape index (κ1) is 18.8. The lowest BCUT2D eigenvalue weighted by atomic mass is 9.86. The zero-order valence-electron chi connectivity index (χ0n) is 17.8. The molecule has 4 aliphatic rings. The summed E-state index contributed by atoms with van der Waals surface area (Å²) in [6, 6.07) is 11.8. The van der Waals surface area contributed by atoms with Gasteiger partial charge >= 0.3 is 5.84 Å². The first-order chi connectivity index (χ1) is 15.4. The molecule has 0 bridgehead atoms. The van der Waals surface area contributed by atoms with Gasteiger partial charge in [-0.3, -0.25) is 9.79 Å². The Kier molecular flexibility index (Phi) is 3.68. The standard InChI is InChI=1S/C23H22N8O/c1-23(2)17-6-5-16(12-18(17)27-21(23)32)26-22-28-20-13-25-8-10-31(20,29-22)30-9-7-14-3-4-15(24)11-19(14)30/h3-6,8,10-13H,7,9,24H2,1-2H3,(H-,26,27,29,32)/p+1. The number of nitrogens with one attached hydrogen (secondary N) is 2. The lowest BCUT2D eigenvalue weighted by Crippen LogP contribution is -2.56. The minimum Gasteiger partial charge on any atom is -0.399 e. The number of anilines is 4. The molecule has 0 aromatic heterocycles. The van der Waals surface area contributed by atoms with Gasteiger partial charge in [0.2, 0.25) is 5.91 Å². The number of amidine groups is 1. The van der Waals surface area contributed by atoms with Crippen molar-refractivity contribution >= 4 is 46.7 Å². The molecule has 0 spiro atoms. The number of hydrogen-bond donors (Lipinski definition) is 3. The molecular formula is C23H23N8O+. The molecule has 6 rings (SSSR count). The predicted molar refractivity (Wildman–Crippen MR) is 126 cm³/mol. The summed E-state index contributed by atoms with van der Waals surface area (Å²) in [7, 11) is 0. The fraction of sp³-hybridized carbons (Fsp3) is 0.217. The zero-order chi connectivity index (χ0) is 22.1. The maximum absolute atomic E-state index is 12.3. The largest absolute Gasteiger partial charge is 0.399 e. The number of nitrogens with two attached hydrogens (primary N) is 1. The van der Waals surface area contributed by atoms with Crippen LogP contribution in [0.25, 0.3) is 0 Å². The highest BCUT2D eigenvalue weighted by Gasteiger charge is 2.49. The van der Waals surface area contributed by atoms with E-state index in [1.165, 1.54) is 5.56 Å². The van der Waals surface area contributed by atoms with Gasteiger partial charge in [-0.2, -0.15) is 5.01 Å². The number of nitrogens with zero attached hydrogens (tertiary/aromatic N) is 5. The van der Waals surface area contributed by atoms with Crippen LogP contribution in [0.15, 0.2) is 63.9 Å². The molecular weight excluding hydrogens is 404 g/mol. The van der Waals surface area contributed by atoms with Gasteiger partial charge in [0.05, 0.1) is 23.8 Å². The van der Waals surface area contributed by atoms with Crippen molar-refractivity contribution in [3.63, 3.8) is 0 Å². The summed E-state index contributed by atoms with van der Waals surface area (Å²) in [5.74, 6) is 1.16. The summed E-state index contributed by atoms with van der Waals surface area (Å²) in [6.07, 6.45) is 6.29. The number of carbonyl (C=O) groups excluding carboxylic acids is 1. The maximum Gasteiger partial charge on any atom is 0.307 e. The minimum atomic E-state index is -0.541. The van der Waals surface area contributed by atoms with Crippen LogP contribution in [0.5, 0.6) is 0 Å². The topological polar surface area (TPSA) is 107 Å². The van der Waals surface area contributed by atoms with Crippen LogP contribution < -0.4 is 21.4 Å². The molecule has 2 aromatic carbocycles. The Labute approximate surface area is 185 Å². The molecule has 2 aromatic rings. The highest BCUT2D eigenvalue weighted by Crippen LogP contribution is 2.40. The van der Waals surface area contributed by atoms with Crippen molar-refractivity contribution in [2.75, 3.05) is 27.9 Å². The molecule has 9 heteroatoms. The Morgan fingerprint density at radius 2 is 2.09 bits per heavy atom. The molecule has 9 nitrogen and oxygen atoms in total. The summed E-state index contributed by atoms with van der Waals surface area (Å²) < 4.78 is 0.0804. The van der Waals surface area contributed by atoms with E-state index in [0.29, 0.717) is 17.5 Å². The van der Waals surface area contributed by atoms with Crippen LogP contribution in [0.4, 0.5) is 22.7 Å². The molecule has 1 amide bonds. The molecule has 0 fully saturated rings. The van der Waals surface area contributed by atoms with Crippen molar-refractivity contribution in [3.8, 4) is 0 Å². The van der Waals surface area contributed by atoms with Crippen LogP contribution in [0, 0.1) is 0 Å². The summed E-state index contributed by atoms with van der Waals surface area (Å²) in [6.45, 7) is 4.63. The average Bonchev–Trinajstić information content (AvgIpc) is 3.40. The van der Waals surface area contributed by atoms with Gasteiger partial charge < -0.3 is 16.4 Å². The number of fused-ring (bicyclic) bond motifs is 3. The van der Waals surface area contributed by atoms with Crippen LogP contribution in [-0.4, -0.2) is 35.2 Å². The van der Waals surface area contributed by atoms with E-state index in [9.17, 15) is 4.79 Å². The number of rotatable bonds is 2. The van der Waals surface area contributed by atoms with Gasteiger partial charge in [0.1, 0.15) is 6.21 Å². The van der Waals surface area contributed by atoms with Crippen molar-refractivity contribution in [2.24, 2.45) is 15.1 Å². The smallest absolute Gasteiger partial charge is 0.307 e. The SMILES string of the molecule is CC1(C)C(=O)Nc2cc(NC3=N[N+]4(N5CCc6ccc(N)cc65)C=CN=CC4=N3)ccc21. The number of nitrogen functional groups attached to an aromatic ring is 1. The minimum absolute atomic E-state index is 0.00180. The number of benzene rings is 2. The van der Waals surface area contributed by atoms with E-state index in [2.05, 4.69) is 26.7 Å². The van der Waals surface area contributed by atoms with Crippen LogP contribution in [0.2, 0.25) is 0 Å². The maximum atomic E-state index is 12.3.